The molecule has 0 aliphatic carbocycles. The molecule has 3 aromatic carbocycles. The summed E-state index contributed by atoms with van der Waals surface area (Å²) >= 11 is 3.55. The Morgan fingerprint density at radius 3 is 2.59 bits per heavy atom. The van der Waals surface area contributed by atoms with Crippen molar-refractivity contribution in [2.45, 2.75) is 25.0 Å². The minimum absolute atomic E-state index is 0.00717. The number of aromatic nitrogens is 1. The maximum absolute atomic E-state index is 13.7. The molecule has 34 heavy (non-hydrogen) atoms. The molecule has 2 aliphatic rings. The van der Waals surface area contributed by atoms with Gasteiger partial charge in [-0.3, -0.25) is 9.59 Å². The molecule has 2 atom stereocenters. The number of aromatic amines is 1. The van der Waals surface area contributed by atoms with E-state index in [9.17, 15) is 14.0 Å². The number of halogens is 2. The third-order valence-corrected chi connectivity index (χ3v) is 7.29. The van der Waals surface area contributed by atoms with Crippen molar-refractivity contribution in [3.8, 4) is 0 Å². The zero-order chi connectivity index (χ0) is 23.4. The van der Waals surface area contributed by atoms with Gasteiger partial charge in [-0.1, -0.05) is 58.4 Å². The quantitative estimate of drug-likeness (QED) is 0.417. The number of amides is 2. The Hall–Kier alpha value is -3.45. The minimum atomic E-state index is -0.600. The van der Waals surface area contributed by atoms with Crippen molar-refractivity contribution >= 4 is 38.6 Å². The summed E-state index contributed by atoms with van der Waals surface area (Å²) in [5.74, 6) is -0.507. The smallest absolute Gasteiger partial charge is 0.246 e. The van der Waals surface area contributed by atoms with Crippen LogP contribution in [-0.4, -0.2) is 39.2 Å². The fourth-order valence-corrected chi connectivity index (χ4v) is 5.71. The molecule has 0 unspecified atom stereocenters. The van der Waals surface area contributed by atoms with Gasteiger partial charge in [-0.25, -0.2) is 4.39 Å². The number of para-hydroxylation sites is 1. The van der Waals surface area contributed by atoms with Crippen LogP contribution in [0, 0.1) is 5.82 Å². The molecule has 6 rings (SSSR count). The highest BCUT2D eigenvalue weighted by Crippen LogP contribution is 2.43. The van der Waals surface area contributed by atoms with Crippen LogP contribution in [0.1, 0.15) is 28.4 Å². The van der Waals surface area contributed by atoms with E-state index < -0.39 is 6.04 Å². The first kappa shape index (κ1) is 21.1. The fourth-order valence-electron chi connectivity index (χ4n) is 5.29. The molecule has 1 N–H and O–H groups in total. The predicted octanol–water partition coefficient (Wildman–Crippen LogP) is 4.95. The van der Waals surface area contributed by atoms with E-state index in [1.54, 1.807) is 21.9 Å². The first-order valence-electron chi connectivity index (χ1n) is 11.2. The molecule has 0 spiro atoms. The van der Waals surface area contributed by atoms with Crippen LogP contribution in [0.2, 0.25) is 0 Å². The van der Waals surface area contributed by atoms with Gasteiger partial charge < -0.3 is 14.8 Å². The van der Waals surface area contributed by atoms with Crippen LogP contribution in [0.5, 0.6) is 0 Å². The number of piperazine rings is 1. The lowest BCUT2D eigenvalue weighted by molar-refractivity contribution is -0.159. The van der Waals surface area contributed by atoms with Gasteiger partial charge >= 0.3 is 0 Å². The molecular formula is C27H21BrFN3O2. The summed E-state index contributed by atoms with van der Waals surface area (Å²) in [7, 11) is 0. The van der Waals surface area contributed by atoms with Crippen LogP contribution in [0.4, 0.5) is 4.39 Å². The van der Waals surface area contributed by atoms with Crippen LogP contribution in [0.25, 0.3) is 10.9 Å². The molecule has 2 amide bonds. The van der Waals surface area contributed by atoms with Crippen molar-refractivity contribution in [1.82, 2.24) is 14.8 Å². The van der Waals surface area contributed by atoms with Crippen molar-refractivity contribution in [1.29, 1.82) is 0 Å². The van der Waals surface area contributed by atoms with Gasteiger partial charge in [-0.2, -0.15) is 0 Å². The summed E-state index contributed by atoms with van der Waals surface area (Å²) in [4.78, 5) is 34.2. The zero-order valence-electron chi connectivity index (χ0n) is 18.2. The number of hydrogen-bond donors (Lipinski definition) is 1. The number of benzene rings is 3. The summed E-state index contributed by atoms with van der Waals surface area (Å²) in [5, 5.41) is 1.08. The largest absolute Gasteiger partial charge is 0.356 e. The molecular weight excluding hydrogens is 497 g/mol. The van der Waals surface area contributed by atoms with Gasteiger partial charge in [0.1, 0.15) is 18.4 Å². The number of H-pyrrole nitrogens is 1. The molecule has 170 valence electrons. The second kappa shape index (κ2) is 8.09. The van der Waals surface area contributed by atoms with Crippen LogP contribution < -0.4 is 0 Å². The van der Waals surface area contributed by atoms with Crippen molar-refractivity contribution < 1.29 is 14.0 Å². The van der Waals surface area contributed by atoms with E-state index in [0.29, 0.717) is 6.42 Å². The molecule has 1 fully saturated rings. The molecule has 2 aliphatic heterocycles. The highest BCUT2D eigenvalue weighted by molar-refractivity contribution is 9.10. The maximum atomic E-state index is 13.7. The molecule has 1 saturated heterocycles. The number of hydrogen-bond acceptors (Lipinski definition) is 2. The Bertz CT molecular complexity index is 1430. The van der Waals surface area contributed by atoms with Gasteiger partial charge in [-0.15, -0.1) is 0 Å². The number of rotatable bonds is 3. The predicted molar refractivity (Wildman–Crippen MR) is 130 cm³/mol. The van der Waals surface area contributed by atoms with E-state index in [4.69, 9.17) is 0 Å². The summed E-state index contributed by atoms with van der Waals surface area (Å²) in [6.07, 6.45) is 0.453. The van der Waals surface area contributed by atoms with Crippen LogP contribution in [0.3, 0.4) is 0 Å². The average Bonchev–Trinajstić information content (AvgIpc) is 3.21. The average molecular weight is 518 g/mol. The number of carbonyl (C=O) groups excluding carboxylic acids is 2. The molecule has 4 aromatic rings. The van der Waals surface area contributed by atoms with Gasteiger partial charge in [0.05, 0.1) is 6.04 Å². The first-order chi connectivity index (χ1) is 16.5. The lowest BCUT2D eigenvalue weighted by atomic mass is 9.86. The highest BCUT2D eigenvalue weighted by Gasteiger charge is 2.48. The second-order valence-electron chi connectivity index (χ2n) is 8.86. The molecule has 3 heterocycles. The van der Waals surface area contributed by atoms with E-state index in [-0.39, 0.29) is 36.8 Å². The topological polar surface area (TPSA) is 56.4 Å². The second-order valence-corrected chi connectivity index (χ2v) is 9.78. The number of fused-ring (bicyclic) bond motifs is 4. The normalized spacial score (nSPS) is 19.9. The van der Waals surface area contributed by atoms with Gasteiger partial charge in [0.2, 0.25) is 11.8 Å². The van der Waals surface area contributed by atoms with E-state index in [1.165, 1.54) is 12.1 Å². The van der Waals surface area contributed by atoms with Crippen LogP contribution in [-0.2, 0) is 22.6 Å². The number of nitrogens with one attached hydrogen (secondary N) is 1. The summed E-state index contributed by atoms with van der Waals surface area (Å²) in [6, 6.07) is 21.0. The maximum Gasteiger partial charge on any atom is 0.246 e. The Balaban J connectivity index is 1.45. The monoisotopic (exact) mass is 517 g/mol. The van der Waals surface area contributed by atoms with Crippen molar-refractivity contribution in [2.24, 2.45) is 0 Å². The van der Waals surface area contributed by atoms with E-state index in [0.717, 1.165) is 37.8 Å². The van der Waals surface area contributed by atoms with E-state index in [2.05, 4.69) is 27.0 Å². The molecule has 5 nitrogen and oxygen atoms in total. The van der Waals surface area contributed by atoms with E-state index >= 15 is 0 Å². The minimum Gasteiger partial charge on any atom is -0.356 e. The highest BCUT2D eigenvalue weighted by atomic mass is 79.9. The Kier molecular flexibility index (Phi) is 5.03. The van der Waals surface area contributed by atoms with Crippen molar-refractivity contribution in [3.63, 3.8) is 0 Å². The van der Waals surface area contributed by atoms with Gasteiger partial charge in [0, 0.05) is 34.0 Å². The van der Waals surface area contributed by atoms with Crippen molar-refractivity contribution in [2.75, 3.05) is 6.54 Å². The molecule has 0 saturated carbocycles. The van der Waals surface area contributed by atoms with Crippen LogP contribution >= 0.6 is 15.9 Å². The summed E-state index contributed by atoms with van der Waals surface area (Å²) < 4.78 is 14.3. The van der Waals surface area contributed by atoms with E-state index in [1.807, 2.05) is 42.5 Å². The van der Waals surface area contributed by atoms with Crippen LogP contribution in [0.15, 0.2) is 77.3 Å². The Morgan fingerprint density at radius 2 is 1.79 bits per heavy atom. The van der Waals surface area contributed by atoms with Gasteiger partial charge in [0.25, 0.3) is 0 Å². The Morgan fingerprint density at radius 1 is 1.00 bits per heavy atom. The summed E-state index contributed by atoms with van der Waals surface area (Å²) in [6.45, 7) is 0.268. The molecule has 7 heteroatoms. The van der Waals surface area contributed by atoms with Crippen molar-refractivity contribution in [3.05, 3.63) is 105 Å². The third kappa shape index (κ3) is 3.42. The lowest BCUT2D eigenvalue weighted by Crippen LogP contribution is -2.62. The van der Waals surface area contributed by atoms with Gasteiger partial charge in [0.15, 0.2) is 0 Å². The number of carbonyl (C=O) groups is 2. The standard InChI is InChI=1S/C27H21BrFN3O2/c28-18-5-3-4-17(12-18)26-25-21(20-6-1-2-7-22(20)30-25)13-23-27(34)31(15-24(33)32(23)26)14-16-8-10-19(29)11-9-16/h1-12,23,26,30H,13-15H2/t23-,26-/m0/s1. The van der Waals surface area contributed by atoms with Gasteiger partial charge in [-0.05, 0) is 47.0 Å². The summed E-state index contributed by atoms with van der Waals surface area (Å²) in [5.41, 5.74) is 4.77. The third-order valence-electron chi connectivity index (χ3n) is 6.79. The number of nitrogens with zero attached hydrogens (tertiary/aromatic N) is 2. The molecule has 1 aromatic heterocycles. The fraction of sp³-hybridized carbons (Fsp3) is 0.185. The molecule has 0 radical (unpaired) electrons. The molecule has 0 bridgehead atoms. The lowest BCUT2D eigenvalue weighted by Gasteiger charge is -2.47. The first-order valence-corrected chi connectivity index (χ1v) is 12.0. The SMILES string of the molecule is O=C1[C@@H]2Cc3c([nH]c4ccccc34)[C@H](c3cccc(Br)c3)N2C(=O)CN1Cc1ccc(F)cc1. The zero-order valence-corrected chi connectivity index (χ0v) is 19.8. The Labute approximate surface area is 204 Å².